The summed E-state index contributed by atoms with van der Waals surface area (Å²) in [5, 5.41) is 13.3. The van der Waals surface area contributed by atoms with E-state index in [0.29, 0.717) is 24.5 Å². The van der Waals surface area contributed by atoms with Gasteiger partial charge in [0.1, 0.15) is 5.54 Å². The third-order valence-electron chi connectivity index (χ3n) is 4.39. The zero-order valence-electron chi connectivity index (χ0n) is 12.5. The van der Waals surface area contributed by atoms with Crippen LogP contribution in [0.1, 0.15) is 52.9 Å². The van der Waals surface area contributed by atoms with Gasteiger partial charge in [-0.3, -0.25) is 15.0 Å². The van der Waals surface area contributed by atoms with E-state index in [1.54, 1.807) is 0 Å². The monoisotopic (exact) mass is 268 g/mol. The molecule has 1 atom stereocenters. The van der Waals surface area contributed by atoms with Crippen molar-refractivity contribution in [2.75, 3.05) is 13.1 Å². The van der Waals surface area contributed by atoms with E-state index in [1.807, 2.05) is 0 Å². The van der Waals surface area contributed by atoms with Crippen LogP contribution in [0.4, 0.5) is 0 Å². The Balaban J connectivity index is 2.12. The van der Waals surface area contributed by atoms with Crippen molar-refractivity contribution >= 4 is 5.97 Å². The summed E-state index contributed by atoms with van der Waals surface area (Å²) < 4.78 is 0. The molecule has 0 radical (unpaired) electrons. The predicted octanol–water partition coefficient (Wildman–Crippen LogP) is 2.09. The van der Waals surface area contributed by atoms with Gasteiger partial charge in [-0.1, -0.05) is 6.92 Å². The minimum absolute atomic E-state index is 0.323. The van der Waals surface area contributed by atoms with Crippen LogP contribution in [0.3, 0.4) is 0 Å². The molecule has 0 amide bonds. The predicted molar refractivity (Wildman–Crippen MR) is 76.2 cm³/mol. The number of carbonyl (C=O) groups is 1. The van der Waals surface area contributed by atoms with Gasteiger partial charge in [-0.05, 0) is 58.4 Å². The number of aliphatic carboxylic acids is 1. The van der Waals surface area contributed by atoms with Gasteiger partial charge < -0.3 is 5.11 Å². The average Bonchev–Trinajstić information content (AvgIpc) is 3.19. The fraction of sp³-hybridized carbons (Fsp3) is 0.933. The Hall–Kier alpha value is -0.610. The first-order valence-corrected chi connectivity index (χ1v) is 7.74. The second kappa shape index (κ2) is 5.80. The molecule has 2 N–H and O–H groups in total. The minimum atomic E-state index is -0.708. The van der Waals surface area contributed by atoms with Crippen LogP contribution in [0, 0.1) is 5.92 Å². The van der Waals surface area contributed by atoms with Crippen LogP contribution >= 0.6 is 0 Å². The van der Waals surface area contributed by atoms with Crippen LogP contribution < -0.4 is 5.32 Å². The Kier molecular flexibility index (Phi) is 4.51. The molecule has 4 heteroatoms. The number of nitrogens with zero attached hydrogens (tertiary/aromatic N) is 1. The van der Waals surface area contributed by atoms with Crippen LogP contribution in [0.25, 0.3) is 0 Å². The van der Waals surface area contributed by atoms with E-state index < -0.39 is 11.5 Å². The van der Waals surface area contributed by atoms with E-state index in [1.165, 1.54) is 0 Å². The summed E-state index contributed by atoms with van der Waals surface area (Å²) >= 11 is 0. The molecule has 0 bridgehead atoms. The Morgan fingerprint density at radius 1 is 1.37 bits per heavy atom. The van der Waals surface area contributed by atoms with E-state index in [0.717, 1.165) is 38.6 Å². The van der Waals surface area contributed by atoms with Crippen LogP contribution in [0.5, 0.6) is 0 Å². The summed E-state index contributed by atoms with van der Waals surface area (Å²) in [7, 11) is 0. The molecule has 2 fully saturated rings. The maximum atomic E-state index is 11.9. The number of nitrogens with one attached hydrogen (secondary N) is 1. The van der Waals surface area contributed by atoms with Crippen molar-refractivity contribution in [3.8, 4) is 0 Å². The van der Waals surface area contributed by atoms with Gasteiger partial charge in [0.15, 0.2) is 0 Å². The summed E-state index contributed by atoms with van der Waals surface area (Å²) in [6, 6.07) is 0.839. The third kappa shape index (κ3) is 3.48. The molecule has 0 aliphatic heterocycles. The Morgan fingerprint density at radius 3 is 2.37 bits per heavy atom. The number of hydrogen-bond acceptors (Lipinski definition) is 3. The van der Waals surface area contributed by atoms with E-state index in [9.17, 15) is 9.90 Å². The molecular weight excluding hydrogens is 240 g/mol. The van der Waals surface area contributed by atoms with Crippen molar-refractivity contribution in [1.29, 1.82) is 0 Å². The molecule has 0 aromatic rings. The first kappa shape index (κ1) is 14.8. The van der Waals surface area contributed by atoms with Crippen LogP contribution in [-0.2, 0) is 4.79 Å². The van der Waals surface area contributed by atoms with E-state index >= 15 is 0 Å². The first-order chi connectivity index (χ1) is 8.99. The quantitative estimate of drug-likeness (QED) is 0.672. The molecular formula is C15H28N2O2. The van der Waals surface area contributed by atoms with Crippen molar-refractivity contribution in [1.82, 2.24) is 10.2 Å². The van der Waals surface area contributed by atoms with Crippen molar-refractivity contribution in [2.24, 2.45) is 5.92 Å². The number of rotatable bonds is 9. The van der Waals surface area contributed by atoms with Crippen LogP contribution in [0.15, 0.2) is 0 Å². The lowest BCUT2D eigenvalue weighted by Crippen LogP contribution is -2.62. The molecule has 1 unspecified atom stereocenters. The summed E-state index contributed by atoms with van der Waals surface area (Å²) in [5.74, 6) is -0.327. The average molecular weight is 268 g/mol. The van der Waals surface area contributed by atoms with Crippen molar-refractivity contribution in [3.63, 3.8) is 0 Å². The van der Waals surface area contributed by atoms with Gasteiger partial charge in [-0.25, -0.2) is 0 Å². The summed E-state index contributed by atoms with van der Waals surface area (Å²) in [5.41, 5.74) is -0.708. The highest BCUT2D eigenvalue weighted by Gasteiger charge is 2.54. The highest BCUT2D eigenvalue weighted by Crippen LogP contribution is 2.42. The number of carboxylic acid groups (broad SMARTS) is 1. The van der Waals surface area contributed by atoms with Gasteiger partial charge in [0.25, 0.3) is 0 Å². The zero-order valence-corrected chi connectivity index (χ0v) is 12.5. The molecule has 0 saturated heterocycles. The topological polar surface area (TPSA) is 52.6 Å². The van der Waals surface area contributed by atoms with Crippen molar-refractivity contribution in [3.05, 3.63) is 0 Å². The second-order valence-corrected chi connectivity index (χ2v) is 6.53. The molecule has 19 heavy (non-hydrogen) atoms. The fourth-order valence-electron chi connectivity index (χ4n) is 2.89. The fourth-order valence-corrected chi connectivity index (χ4v) is 2.89. The lowest BCUT2D eigenvalue weighted by molar-refractivity contribution is -0.147. The lowest BCUT2D eigenvalue weighted by Gasteiger charge is -2.38. The van der Waals surface area contributed by atoms with Crippen LogP contribution in [0.2, 0.25) is 0 Å². The first-order valence-electron chi connectivity index (χ1n) is 7.74. The molecule has 4 nitrogen and oxygen atoms in total. The maximum Gasteiger partial charge on any atom is 0.325 e. The second-order valence-electron chi connectivity index (χ2n) is 6.53. The summed E-state index contributed by atoms with van der Waals surface area (Å²) in [6.45, 7) is 8.10. The van der Waals surface area contributed by atoms with Gasteiger partial charge in [0.2, 0.25) is 0 Å². The van der Waals surface area contributed by atoms with Gasteiger partial charge in [0, 0.05) is 18.6 Å². The molecule has 0 heterocycles. The molecule has 0 aromatic heterocycles. The number of carboxylic acids is 1. The van der Waals surface area contributed by atoms with E-state index in [-0.39, 0.29) is 0 Å². The van der Waals surface area contributed by atoms with Crippen molar-refractivity contribution in [2.45, 2.75) is 70.5 Å². The number of hydrogen-bond donors (Lipinski definition) is 2. The molecule has 2 saturated carbocycles. The largest absolute Gasteiger partial charge is 0.480 e. The zero-order chi connectivity index (χ0) is 14.0. The minimum Gasteiger partial charge on any atom is -0.480 e. The van der Waals surface area contributed by atoms with Crippen molar-refractivity contribution < 1.29 is 9.90 Å². The molecule has 110 valence electrons. The Morgan fingerprint density at radius 2 is 2.00 bits per heavy atom. The smallest absolute Gasteiger partial charge is 0.325 e. The summed E-state index contributed by atoms with van der Waals surface area (Å²) in [4.78, 5) is 14.3. The van der Waals surface area contributed by atoms with Gasteiger partial charge >= 0.3 is 5.97 Å². The third-order valence-corrected chi connectivity index (χ3v) is 4.39. The molecule has 2 rings (SSSR count). The normalized spacial score (nSPS) is 22.8. The SMILES string of the molecule is CCCN(CC(NC1CC1)(C(=O)O)C1CC1)C(C)C. The van der Waals surface area contributed by atoms with Crippen LogP contribution in [-0.4, -0.2) is 46.7 Å². The highest BCUT2D eigenvalue weighted by atomic mass is 16.4. The van der Waals surface area contributed by atoms with E-state index in [2.05, 4.69) is 31.0 Å². The molecule has 2 aliphatic carbocycles. The highest BCUT2D eigenvalue weighted by molar-refractivity contribution is 5.80. The maximum absolute atomic E-state index is 11.9. The molecule has 0 spiro atoms. The standard InChI is InChI=1S/C15H28N2O2/c1-4-9-17(11(2)3)10-15(14(18)19,12-5-6-12)16-13-7-8-13/h11-13,16H,4-10H2,1-3H3,(H,18,19). The van der Waals surface area contributed by atoms with Gasteiger partial charge in [-0.2, -0.15) is 0 Å². The Bertz CT molecular complexity index is 324. The van der Waals surface area contributed by atoms with E-state index in [4.69, 9.17) is 0 Å². The van der Waals surface area contributed by atoms with Gasteiger partial charge in [-0.15, -0.1) is 0 Å². The van der Waals surface area contributed by atoms with Gasteiger partial charge in [0.05, 0.1) is 0 Å². The molecule has 0 aromatic carbocycles. The summed E-state index contributed by atoms with van der Waals surface area (Å²) in [6.07, 6.45) is 5.46. The molecule has 2 aliphatic rings. The lowest BCUT2D eigenvalue weighted by atomic mass is 9.91. The Labute approximate surface area is 116 Å².